The highest BCUT2D eigenvalue weighted by molar-refractivity contribution is 5.82. The number of nitrogens with zero attached hydrogens (tertiary/aromatic N) is 2. The molecule has 0 spiro atoms. The van der Waals surface area contributed by atoms with Crippen molar-refractivity contribution in [2.24, 2.45) is 0 Å². The van der Waals surface area contributed by atoms with Gasteiger partial charge in [-0.05, 0) is 49.6 Å². The molecule has 0 aliphatic carbocycles. The van der Waals surface area contributed by atoms with Crippen LogP contribution in [0.25, 0.3) is 10.9 Å². The number of aromatic nitrogens is 1. The molecule has 7 heteroatoms. The highest BCUT2D eigenvalue weighted by Crippen LogP contribution is 2.25. The van der Waals surface area contributed by atoms with Gasteiger partial charge in [0.2, 0.25) is 5.43 Å². The summed E-state index contributed by atoms with van der Waals surface area (Å²) >= 11 is 0. The average molecular weight is 410 g/mol. The molecule has 0 atom stereocenters. The van der Waals surface area contributed by atoms with Crippen LogP contribution in [0.5, 0.6) is 5.75 Å². The standard InChI is InChI=1S/C23H26N2O5/c1-15(2)24(3)19-7-5-4-6-17(19)12-16-8-9-20-18(13-16)22(27)21(30-23(28)29)14-25(20)10-11-26/h4-9,13-15,26H,10-12H2,1-3H3,(H,28,29). The molecule has 3 aromatic rings. The smallest absolute Gasteiger partial charge is 0.449 e. The second-order valence-electron chi connectivity index (χ2n) is 7.47. The van der Waals surface area contributed by atoms with Gasteiger partial charge in [-0.25, -0.2) is 4.79 Å². The van der Waals surface area contributed by atoms with Crippen molar-refractivity contribution in [3.05, 3.63) is 70.0 Å². The molecule has 1 heterocycles. The van der Waals surface area contributed by atoms with Crippen LogP contribution in [0.15, 0.2) is 53.5 Å². The minimum absolute atomic E-state index is 0.152. The largest absolute Gasteiger partial charge is 0.511 e. The molecule has 0 bridgehead atoms. The Morgan fingerprint density at radius 1 is 1.20 bits per heavy atom. The van der Waals surface area contributed by atoms with E-state index in [1.54, 1.807) is 10.6 Å². The minimum Gasteiger partial charge on any atom is -0.449 e. The average Bonchev–Trinajstić information content (AvgIpc) is 2.71. The van der Waals surface area contributed by atoms with Gasteiger partial charge < -0.3 is 24.4 Å². The summed E-state index contributed by atoms with van der Waals surface area (Å²) in [6, 6.07) is 14.0. The molecule has 0 fully saturated rings. The maximum absolute atomic E-state index is 12.8. The van der Waals surface area contributed by atoms with Crippen LogP contribution in [-0.2, 0) is 13.0 Å². The predicted molar refractivity (Wildman–Crippen MR) is 117 cm³/mol. The van der Waals surface area contributed by atoms with Gasteiger partial charge in [0, 0.05) is 30.7 Å². The molecule has 2 aromatic carbocycles. The molecular formula is C23H26N2O5. The van der Waals surface area contributed by atoms with Gasteiger partial charge in [-0.1, -0.05) is 24.3 Å². The van der Waals surface area contributed by atoms with Crippen molar-refractivity contribution >= 4 is 22.7 Å². The summed E-state index contributed by atoms with van der Waals surface area (Å²) in [5, 5.41) is 18.6. The summed E-state index contributed by atoms with van der Waals surface area (Å²) < 4.78 is 6.29. The fourth-order valence-electron chi connectivity index (χ4n) is 3.49. The Morgan fingerprint density at radius 2 is 1.93 bits per heavy atom. The number of aliphatic hydroxyl groups excluding tert-OH is 1. The number of carbonyl (C=O) groups is 1. The van der Waals surface area contributed by atoms with Gasteiger partial charge in [0.25, 0.3) is 0 Å². The third-order valence-electron chi connectivity index (χ3n) is 5.19. The van der Waals surface area contributed by atoms with Crippen molar-refractivity contribution in [1.29, 1.82) is 0 Å². The Kier molecular flexibility index (Phi) is 6.42. The normalized spacial score (nSPS) is 11.1. The van der Waals surface area contributed by atoms with Crippen LogP contribution in [0.1, 0.15) is 25.0 Å². The number of rotatable bonds is 7. The lowest BCUT2D eigenvalue weighted by Gasteiger charge is -2.26. The Balaban J connectivity index is 2.08. The van der Waals surface area contributed by atoms with Crippen LogP contribution in [0.2, 0.25) is 0 Å². The Hall–Kier alpha value is -3.32. The van der Waals surface area contributed by atoms with E-state index in [9.17, 15) is 14.7 Å². The van der Waals surface area contributed by atoms with Gasteiger partial charge in [-0.2, -0.15) is 0 Å². The van der Waals surface area contributed by atoms with Crippen LogP contribution < -0.4 is 15.1 Å². The quantitative estimate of drug-likeness (QED) is 0.580. The molecule has 0 saturated carbocycles. The first-order valence-corrected chi connectivity index (χ1v) is 9.80. The van der Waals surface area contributed by atoms with E-state index >= 15 is 0 Å². The van der Waals surface area contributed by atoms with E-state index < -0.39 is 11.6 Å². The van der Waals surface area contributed by atoms with Crippen molar-refractivity contribution in [2.45, 2.75) is 32.9 Å². The number of carboxylic acid groups (broad SMARTS) is 1. The molecule has 2 N–H and O–H groups in total. The number of aliphatic hydroxyl groups is 1. The predicted octanol–water partition coefficient (Wildman–Crippen LogP) is 3.49. The zero-order chi connectivity index (χ0) is 21.8. The second-order valence-corrected chi connectivity index (χ2v) is 7.47. The molecule has 7 nitrogen and oxygen atoms in total. The number of pyridine rings is 1. The van der Waals surface area contributed by atoms with Gasteiger partial charge in [-0.15, -0.1) is 0 Å². The van der Waals surface area contributed by atoms with Crippen LogP contribution >= 0.6 is 0 Å². The molecule has 0 amide bonds. The van der Waals surface area contributed by atoms with Crippen molar-refractivity contribution in [2.75, 3.05) is 18.6 Å². The molecule has 0 unspecified atom stereocenters. The summed E-state index contributed by atoms with van der Waals surface area (Å²) in [6.07, 6.45) is 0.387. The highest BCUT2D eigenvalue weighted by Gasteiger charge is 2.15. The number of anilines is 1. The van der Waals surface area contributed by atoms with E-state index in [0.717, 1.165) is 16.8 Å². The first kappa shape index (κ1) is 21.4. The van der Waals surface area contributed by atoms with Crippen molar-refractivity contribution < 1.29 is 19.7 Å². The van der Waals surface area contributed by atoms with E-state index in [1.807, 2.05) is 31.3 Å². The van der Waals surface area contributed by atoms with E-state index in [0.29, 0.717) is 23.4 Å². The molecule has 1 aromatic heterocycles. The molecule has 0 aliphatic rings. The van der Waals surface area contributed by atoms with E-state index in [2.05, 4.69) is 35.6 Å². The molecule has 3 rings (SSSR count). The lowest BCUT2D eigenvalue weighted by atomic mass is 10.0. The zero-order valence-corrected chi connectivity index (χ0v) is 17.3. The first-order chi connectivity index (χ1) is 14.3. The summed E-state index contributed by atoms with van der Waals surface area (Å²) in [6.45, 7) is 4.32. The van der Waals surface area contributed by atoms with Crippen molar-refractivity contribution in [1.82, 2.24) is 4.57 Å². The van der Waals surface area contributed by atoms with Crippen LogP contribution in [0.3, 0.4) is 0 Å². The van der Waals surface area contributed by atoms with Gasteiger partial charge in [-0.3, -0.25) is 4.79 Å². The maximum Gasteiger partial charge on any atom is 0.511 e. The first-order valence-electron chi connectivity index (χ1n) is 9.80. The Labute approximate surface area is 174 Å². The fraction of sp³-hybridized carbons (Fsp3) is 0.304. The van der Waals surface area contributed by atoms with Gasteiger partial charge in [0.15, 0.2) is 5.75 Å². The Morgan fingerprint density at radius 3 is 2.60 bits per heavy atom. The van der Waals surface area contributed by atoms with Crippen molar-refractivity contribution in [3.63, 3.8) is 0 Å². The van der Waals surface area contributed by atoms with Crippen LogP contribution in [-0.4, -0.2) is 40.6 Å². The van der Waals surface area contributed by atoms with E-state index in [-0.39, 0.29) is 18.9 Å². The third kappa shape index (κ3) is 4.46. The van der Waals surface area contributed by atoms with Crippen LogP contribution in [0.4, 0.5) is 10.5 Å². The maximum atomic E-state index is 12.8. The topological polar surface area (TPSA) is 92.0 Å². The third-order valence-corrected chi connectivity index (χ3v) is 5.19. The second kappa shape index (κ2) is 9.00. The molecular weight excluding hydrogens is 384 g/mol. The summed E-state index contributed by atoms with van der Waals surface area (Å²) in [7, 11) is 2.05. The Bertz CT molecular complexity index is 1120. The van der Waals surface area contributed by atoms with E-state index in [1.165, 1.54) is 6.20 Å². The molecule has 158 valence electrons. The van der Waals surface area contributed by atoms with E-state index in [4.69, 9.17) is 5.11 Å². The summed E-state index contributed by atoms with van der Waals surface area (Å²) in [5.41, 5.74) is 3.29. The number of fused-ring (bicyclic) bond motifs is 1. The number of hydrogen-bond donors (Lipinski definition) is 2. The highest BCUT2D eigenvalue weighted by atomic mass is 16.7. The van der Waals surface area contributed by atoms with Gasteiger partial charge in [0.05, 0.1) is 18.3 Å². The zero-order valence-electron chi connectivity index (χ0n) is 17.3. The molecule has 30 heavy (non-hydrogen) atoms. The molecule has 0 saturated heterocycles. The van der Waals surface area contributed by atoms with Gasteiger partial charge in [0.1, 0.15) is 0 Å². The lowest BCUT2D eigenvalue weighted by molar-refractivity contribution is 0.143. The summed E-state index contributed by atoms with van der Waals surface area (Å²) in [4.78, 5) is 26.0. The minimum atomic E-state index is -1.55. The number of ether oxygens (including phenoxy) is 1. The molecule has 0 aliphatic heterocycles. The SMILES string of the molecule is CC(C)N(C)c1ccccc1Cc1ccc2c(c1)c(=O)c(OC(=O)O)cn2CCO. The number of hydrogen-bond acceptors (Lipinski definition) is 5. The van der Waals surface area contributed by atoms with Crippen molar-refractivity contribution in [3.8, 4) is 5.75 Å². The monoisotopic (exact) mass is 410 g/mol. The van der Waals surface area contributed by atoms with Crippen LogP contribution in [0, 0.1) is 0 Å². The lowest BCUT2D eigenvalue weighted by Crippen LogP contribution is -2.26. The van der Waals surface area contributed by atoms with Gasteiger partial charge >= 0.3 is 6.16 Å². The summed E-state index contributed by atoms with van der Waals surface area (Å²) in [5.74, 6) is -0.277. The molecule has 0 radical (unpaired) electrons. The number of benzene rings is 2. The number of para-hydroxylation sites is 1. The fourth-order valence-corrected chi connectivity index (χ4v) is 3.49.